The number of likely N-dealkylation sites (tertiary alicyclic amines) is 1. The van der Waals surface area contributed by atoms with Crippen LogP contribution in [0.5, 0.6) is 0 Å². The fourth-order valence-electron chi connectivity index (χ4n) is 5.88. The summed E-state index contributed by atoms with van der Waals surface area (Å²) >= 11 is 6.77. The fourth-order valence-corrected chi connectivity index (χ4v) is 6.15. The van der Waals surface area contributed by atoms with E-state index >= 15 is 0 Å². The van der Waals surface area contributed by atoms with Crippen molar-refractivity contribution in [3.63, 3.8) is 0 Å². The topological polar surface area (TPSA) is 123 Å². The first-order valence-corrected chi connectivity index (χ1v) is 14.1. The molecule has 0 spiro atoms. The lowest BCUT2D eigenvalue weighted by molar-refractivity contribution is -0.140. The zero-order valence-corrected chi connectivity index (χ0v) is 23.4. The van der Waals surface area contributed by atoms with Crippen LogP contribution in [-0.2, 0) is 9.59 Å². The van der Waals surface area contributed by atoms with E-state index in [2.05, 4.69) is 37.1 Å². The van der Waals surface area contributed by atoms with Crippen LogP contribution in [0.25, 0.3) is 22.1 Å². The average Bonchev–Trinajstić information content (AvgIpc) is 3.47. The van der Waals surface area contributed by atoms with Crippen LogP contribution in [0.15, 0.2) is 37.1 Å². The van der Waals surface area contributed by atoms with Crippen LogP contribution in [0.4, 0.5) is 11.5 Å². The predicted molar refractivity (Wildman–Crippen MR) is 154 cm³/mol. The van der Waals surface area contributed by atoms with Crippen molar-refractivity contribution in [3.05, 3.63) is 47.6 Å². The number of hydrogen-bond donors (Lipinski definition) is 2. The van der Waals surface area contributed by atoms with E-state index in [1.54, 1.807) is 19.4 Å². The Bertz CT molecular complexity index is 1560. The molecule has 40 heavy (non-hydrogen) atoms. The van der Waals surface area contributed by atoms with Gasteiger partial charge in [0.25, 0.3) is 0 Å². The Labute approximate surface area is 236 Å². The van der Waals surface area contributed by atoms with Crippen LogP contribution < -0.4 is 10.2 Å². The number of rotatable bonds is 5. The number of hydrogen-bond acceptors (Lipinski definition) is 8. The van der Waals surface area contributed by atoms with E-state index in [-0.39, 0.29) is 23.8 Å². The molecule has 0 aliphatic carbocycles. The number of aromatic amines is 1. The summed E-state index contributed by atoms with van der Waals surface area (Å²) in [6.45, 7) is 7.59. The molecule has 2 amide bonds. The average molecular weight is 562 g/mol. The first-order chi connectivity index (χ1) is 19.4. The predicted octanol–water partition coefficient (Wildman–Crippen LogP) is 3.63. The van der Waals surface area contributed by atoms with Gasteiger partial charge in [0.15, 0.2) is 11.5 Å². The Morgan fingerprint density at radius 3 is 2.58 bits per heavy atom. The molecule has 0 saturated carbocycles. The minimum Gasteiger partial charge on any atom is -0.366 e. The number of aromatic nitrogens is 5. The molecular formula is C28H32ClN9O2. The van der Waals surface area contributed by atoms with Gasteiger partial charge in [0.05, 0.1) is 28.6 Å². The molecule has 2 N–H and O–H groups in total. The van der Waals surface area contributed by atoms with Crippen molar-refractivity contribution in [3.8, 4) is 0 Å². The molecule has 4 aromatic rings. The van der Waals surface area contributed by atoms with Crippen molar-refractivity contribution >= 4 is 57.0 Å². The molecule has 5 heterocycles. The summed E-state index contributed by atoms with van der Waals surface area (Å²) in [6.07, 6.45) is 6.34. The third kappa shape index (κ3) is 4.90. The smallest absolute Gasteiger partial charge is 0.225 e. The molecule has 6 rings (SSSR count). The van der Waals surface area contributed by atoms with Crippen molar-refractivity contribution < 1.29 is 9.59 Å². The van der Waals surface area contributed by atoms with Crippen LogP contribution in [0.1, 0.15) is 38.3 Å². The Balaban J connectivity index is 1.24. The van der Waals surface area contributed by atoms with E-state index in [0.717, 1.165) is 40.5 Å². The van der Waals surface area contributed by atoms with Gasteiger partial charge in [0, 0.05) is 69.3 Å². The van der Waals surface area contributed by atoms with Crippen LogP contribution >= 0.6 is 11.6 Å². The molecule has 208 valence electrons. The van der Waals surface area contributed by atoms with E-state index in [9.17, 15) is 9.59 Å². The summed E-state index contributed by atoms with van der Waals surface area (Å²) in [4.78, 5) is 51.9. The third-order valence-corrected chi connectivity index (χ3v) is 8.40. The molecule has 2 aliphatic heterocycles. The molecule has 12 heteroatoms. The number of H-pyrrole nitrogens is 1. The molecule has 1 aromatic carbocycles. The van der Waals surface area contributed by atoms with Gasteiger partial charge in [0.2, 0.25) is 11.8 Å². The number of amides is 2. The molecule has 2 fully saturated rings. The summed E-state index contributed by atoms with van der Waals surface area (Å²) < 4.78 is 0. The number of piperazine rings is 1. The van der Waals surface area contributed by atoms with Gasteiger partial charge in [-0.1, -0.05) is 11.6 Å². The first-order valence-electron chi connectivity index (χ1n) is 13.7. The van der Waals surface area contributed by atoms with Gasteiger partial charge >= 0.3 is 0 Å². The number of fused-ring (bicyclic) bond motifs is 2. The second kappa shape index (κ2) is 10.9. The molecule has 0 bridgehead atoms. The monoisotopic (exact) mass is 561 g/mol. The van der Waals surface area contributed by atoms with E-state index < -0.39 is 0 Å². The highest BCUT2D eigenvalue weighted by atomic mass is 35.5. The number of benzene rings is 1. The number of nitrogens with one attached hydrogen (secondary N) is 2. The van der Waals surface area contributed by atoms with Crippen molar-refractivity contribution in [2.45, 2.75) is 32.7 Å². The van der Waals surface area contributed by atoms with E-state index in [1.165, 1.54) is 6.33 Å². The summed E-state index contributed by atoms with van der Waals surface area (Å²) in [5.74, 6) is 0.914. The standard InChI is InChI=1S/C28H32ClN9O2/c1-17(35-27-24-26(32-15-31-24)33-16-34-27)21-14-22(29)20-4-3-7-30-23(20)25(21)37-10-12-38(13-11-37)28(40)19-5-8-36(9-6-19)18(2)39/h3-4,7,14-17,19H,5-6,8-13H2,1-2H3,(H2,31,32,33,34,35). The van der Waals surface area contributed by atoms with Crippen LogP contribution in [0.3, 0.4) is 0 Å². The molecule has 1 unspecified atom stereocenters. The fraction of sp³-hybridized carbons (Fsp3) is 0.429. The number of pyridine rings is 1. The Hall–Kier alpha value is -3.99. The second-order valence-corrected chi connectivity index (χ2v) is 10.9. The lowest BCUT2D eigenvalue weighted by Crippen LogP contribution is -2.52. The van der Waals surface area contributed by atoms with Crippen molar-refractivity contribution in [2.75, 3.05) is 49.5 Å². The minimum absolute atomic E-state index is 0.0212. The quantitative estimate of drug-likeness (QED) is 0.378. The molecule has 1 atom stereocenters. The van der Waals surface area contributed by atoms with Crippen LogP contribution in [-0.4, -0.2) is 85.8 Å². The molecule has 2 aliphatic rings. The number of piperidine rings is 1. The molecule has 3 aromatic heterocycles. The lowest BCUT2D eigenvalue weighted by Gasteiger charge is -2.40. The highest BCUT2D eigenvalue weighted by Gasteiger charge is 2.32. The summed E-state index contributed by atoms with van der Waals surface area (Å²) in [7, 11) is 0. The lowest BCUT2D eigenvalue weighted by atomic mass is 9.94. The van der Waals surface area contributed by atoms with E-state index in [4.69, 9.17) is 16.6 Å². The molecule has 2 saturated heterocycles. The molecule has 0 radical (unpaired) electrons. The number of anilines is 2. The van der Waals surface area contributed by atoms with Gasteiger partial charge in [-0.25, -0.2) is 15.0 Å². The highest BCUT2D eigenvalue weighted by molar-refractivity contribution is 6.36. The molecule has 11 nitrogen and oxygen atoms in total. The zero-order chi connectivity index (χ0) is 27.8. The van der Waals surface area contributed by atoms with E-state index in [1.807, 2.05) is 28.0 Å². The maximum Gasteiger partial charge on any atom is 0.225 e. The largest absolute Gasteiger partial charge is 0.366 e. The van der Waals surface area contributed by atoms with Gasteiger partial charge in [-0.15, -0.1) is 0 Å². The molecular weight excluding hydrogens is 530 g/mol. The number of imidazole rings is 1. The van der Waals surface area contributed by atoms with Crippen molar-refractivity contribution in [1.82, 2.24) is 34.7 Å². The third-order valence-electron chi connectivity index (χ3n) is 8.08. The maximum atomic E-state index is 13.3. The van der Waals surface area contributed by atoms with Gasteiger partial charge in [0.1, 0.15) is 11.8 Å². The summed E-state index contributed by atoms with van der Waals surface area (Å²) in [5, 5.41) is 5.04. The Morgan fingerprint density at radius 2 is 1.82 bits per heavy atom. The number of nitrogens with zero attached hydrogens (tertiary/aromatic N) is 7. The zero-order valence-electron chi connectivity index (χ0n) is 22.6. The SMILES string of the molecule is CC(=O)N1CCC(C(=O)N2CCN(c3c(C(C)Nc4ncnc5nc[nH]c45)cc(Cl)c4cccnc34)CC2)CC1. The van der Waals surface area contributed by atoms with Gasteiger partial charge < -0.3 is 25.0 Å². The Kier molecular flexibility index (Phi) is 7.14. The van der Waals surface area contributed by atoms with Gasteiger partial charge in [-0.05, 0) is 38.0 Å². The van der Waals surface area contributed by atoms with E-state index in [0.29, 0.717) is 55.8 Å². The highest BCUT2D eigenvalue weighted by Crippen LogP contribution is 2.39. The second-order valence-electron chi connectivity index (χ2n) is 10.5. The Morgan fingerprint density at radius 1 is 1.05 bits per heavy atom. The van der Waals surface area contributed by atoms with Crippen molar-refractivity contribution in [2.24, 2.45) is 5.92 Å². The summed E-state index contributed by atoms with van der Waals surface area (Å²) in [5.41, 5.74) is 4.18. The normalized spacial score (nSPS) is 17.4. The number of carbonyl (C=O) groups is 2. The number of halogens is 1. The van der Waals surface area contributed by atoms with Crippen LogP contribution in [0.2, 0.25) is 5.02 Å². The summed E-state index contributed by atoms with van der Waals surface area (Å²) in [6, 6.07) is 5.72. The minimum atomic E-state index is -0.161. The first kappa shape index (κ1) is 26.2. The van der Waals surface area contributed by atoms with Crippen LogP contribution in [0, 0.1) is 5.92 Å². The maximum absolute atomic E-state index is 13.3. The van der Waals surface area contributed by atoms with Gasteiger partial charge in [-0.2, -0.15) is 0 Å². The van der Waals surface area contributed by atoms with Gasteiger partial charge in [-0.3, -0.25) is 14.6 Å². The number of carbonyl (C=O) groups excluding carboxylic acids is 2. The van der Waals surface area contributed by atoms with Crippen molar-refractivity contribution in [1.29, 1.82) is 0 Å².